The van der Waals surface area contributed by atoms with Crippen LogP contribution in [-0.2, 0) is 4.79 Å². The molecule has 1 aromatic heterocycles. The van der Waals surface area contributed by atoms with Crippen LogP contribution in [0.25, 0.3) is 0 Å². The molecule has 96 valence electrons. The minimum absolute atomic E-state index is 0.0311. The Balaban J connectivity index is 2.02. The highest BCUT2D eigenvalue weighted by atomic mass is 16.6. The number of anilines is 1. The number of nitro groups is 1. The molecule has 2 rings (SSSR count). The van der Waals surface area contributed by atoms with Crippen LogP contribution >= 0.6 is 0 Å². The molecular formula is C11H13N3O4. The minimum atomic E-state index is -0.860. The van der Waals surface area contributed by atoms with Gasteiger partial charge in [-0.15, -0.1) is 0 Å². The minimum Gasteiger partial charge on any atom is -0.481 e. The summed E-state index contributed by atoms with van der Waals surface area (Å²) in [5, 5.41) is 22.3. The third-order valence-corrected chi connectivity index (χ3v) is 2.88. The van der Waals surface area contributed by atoms with E-state index in [0.717, 1.165) is 19.0 Å². The fraction of sp³-hybridized carbons (Fsp3) is 0.455. The summed E-state index contributed by atoms with van der Waals surface area (Å²) in [4.78, 5) is 24.6. The van der Waals surface area contributed by atoms with Crippen LogP contribution in [0, 0.1) is 16.0 Å². The molecule has 7 nitrogen and oxygen atoms in total. The summed E-state index contributed by atoms with van der Waals surface area (Å²) < 4.78 is 0. The molecule has 7 heteroatoms. The van der Waals surface area contributed by atoms with E-state index in [0.29, 0.717) is 11.7 Å². The lowest BCUT2D eigenvalue weighted by Gasteiger charge is -2.16. The average Bonchev–Trinajstić information content (AvgIpc) is 3.12. The molecule has 1 heterocycles. The second kappa shape index (κ2) is 4.99. The van der Waals surface area contributed by atoms with Gasteiger partial charge < -0.3 is 10.4 Å². The summed E-state index contributed by atoms with van der Waals surface area (Å²) in [5.41, 5.74) is -0.0817. The maximum Gasteiger partial charge on any atom is 0.305 e. The first-order chi connectivity index (χ1) is 8.56. The molecule has 1 saturated carbocycles. The monoisotopic (exact) mass is 251 g/mol. The van der Waals surface area contributed by atoms with Gasteiger partial charge in [0.15, 0.2) is 0 Å². The van der Waals surface area contributed by atoms with Crippen molar-refractivity contribution in [2.75, 3.05) is 5.32 Å². The molecule has 1 atom stereocenters. The highest BCUT2D eigenvalue weighted by molar-refractivity contribution is 5.68. The number of carboxylic acid groups (broad SMARTS) is 1. The normalized spacial score (nSPS) is 16.0. The number of nitrogens with one attached hydrogen (secondary N) is 1. The smallest absolute Gasteiger partial charge is 0.305 e. The largest absolute Gasteiger partial charge is 0.481 e. The molecule has 2 N–H and O–H groups in total. The lowest BCUT2D eigenvalue weighted by molar-refractivity contribution is -0.385. The first kappa shape index (κ1) is 12.3. The highest BCUT2D eigenvalue weighted by Gasteiger charge is 2.32. The molecule has 0 aliphatic heterocycles. The van der Waals surface area contributed by atoms with Gasteiger partial charge >= 0.3 is 5.97 Å². The maximum atomic E-state index is 10.7. The second-order valence-electron chi connectivity index (χ2n) is 4.34. The molecular weight excluding hydrogens is 238 g/mol. The van der Waals surface area contributed by atoms with Crippen LogP contribution in [0.1, 0.15) is 19.3 Å². The van der Waals surface area contributed by atoms with E-state index in [4.69, 9.17) is 5.11 Å². The van der Waals surface area contributed by atoms with Gasteiger partial charge in [0.05, 0.1) is 11.3 Å². The van der Waals surface area contributed by atoms with Gasteiger partial charge in [-0.2, -0.15) is 0 Å². The number of rotatable bonds is 6. The number of aliphatic carboxylic acids is 1. The molecule has 0 aromatic carbocycles. The van der Waals surface area contributed by atoms with Crippen molar-refractivity contribution < 1.29 is 14.8 Å². The van der Waals surface area contributed by atoms with Crippen molar-refractivity contribution in [3.8, 4) is 0 Å². The number of nitrogens with zero attached hydrogens (tertiary/aromatic N) is 2. The van der Waals surface area contributed by atoms with E-state index in [1.807, 2.05) is 0 Å². The quantitative estimate of drug-likeness (QED) is 0.588. The number of carboxylic acids is 1. The van der Waals surface area contributed by atoms with Gasteiger partial charge in [-0.05, 0) is 24.8 Å². The third kappa shape index (κ3) is 3.16. The van der Waals surface area contributed by atoms with E-state index in [2.05, 4.69) is 10.3 Å². The summed E-state index contributed by atoms with van der Waals surface area (Å²) >= 11 is 0. The Kier molecular flexibility index (Phi) is 3.40. The number of hydrogen-bond donors (Lipinski definition) is 2. The summed E-state index contributed by atoms with van der Waals surface area (Å²) in [7, 11) is 0. The fourth-order valence-electron chi connectivity index (χ4n) is 1.79. The third-order valence-electron chi connectivity index (χ3n) is 2.88. The zero-order chi connectivity index (χ0) is 13.1. The molecule has 1 unspecified atom stereocenters. The summed E-state index contributed by atoms with van der Waals surface area (Å²) in [6.07, 6.45) is 3.21. The molecule has 0 spiro atoms. The summed E-state index contributed by atoms with van der Waals surface area (Å²) in [5.74, 6) is -0.0295. The highest BCUT2D eigenvalue weighted by Crippen LogP contribution is 2.35. The molecule has 0 bridgehead atoms. The number of hydrogen-bond acceptors (Lipinski definition) is 5. The predicted octanol–water partition coefficient (Wildman–Crippen LogP) is 1.66. The zero-order valence-electron chi connectivity index (χ0n) is 9.57. The van der Waals surface area contributed by atoms with E-state index in [1.165, 1.54) is 12.1 Å². The van der Waals surface area contributed by atoms with Crippen molar-refractivity contribution in [1.29, 1.82) is 0 Å². The standard InChI is InChI=1S/C11H13N3O4/c15-11(16)5-9(7-1-2-7)13-10-4-3-8(6-12-10)14(17)18/h3-4,6-7,9H,1-2,5H2,(H,12,13)(H,15,16). The van der Waals surface area contributed by atoms with Gasteiger partial charge in [-0.1, -0.05) is 0 Å². The van der Waals surface area contributed by atoms with Crippen molar-refractivity contribution >= 4 is 17.5 Å². The fourth-order valence-corrected chi connectivity index (χ4v) is 1.79. The SMILES string of the molecule is O=C(O)CC(Nc1ccc([N+](=O)[O-])cn1)C1CC1. The number of pyridine rings is 1. The van der Waals surface area contributed by atoms with Crippen molar-refractivity contribution in [3.63, 3.8) is 0 Å². The Morgan fingerprint density at radius 3 is 2.78 bits per heavy atom. The van der Waals surface area contributed by atoms with Crippen LogP contribution in [-0.4, -0.2) is 27.0 Å². The van der Waals surface area contributed by atoms with Crippen molar-refractivity contribution in [1.82, 2.24) is 4.98 Å². The second-order valence-corrected chi connectivity index (χ2v) is 4.34. The van der Waals surface area contributed by atoms with Gasteiger partial charge in [0.1, 0.15) is 12.0 Å². The Labute approximate surface area is 103 Å². The predicted molar refractivity (Wildman–Crippen MR) is 63.3 cm³/mol. The van der Waals surface area contributed by atoms with E-state index in [9.17, 15) is 14.9 Å². The molecule has 0 saturated heterocycles. The topological polar surface area (TPSA) is 105 Å². The Hall–Kier alpha value is -2.18. The van der Waals surface area contributed by atoms with Gasteiger partial charge in [0.2, 0.25) is 0 Å². The van der Waals surface area contributed by atoms with Gasteiger partial charge in [-0.3, -0.25) is 14.9 Å². The first-order valence-corrected chi connectivity index (χ1v) is 5.65. The summed E-state index contributed by atoms with van der Waals surface area (Å²) in [6, 6.07) is 2.69. The Bertz CT molecular complexity index is 456. The molecule has 1 aliphatic rings. The first-order valence-electron chi connectivity index (χ1n) is 5.65. The Morgan fingerprint density at radius 1 is 1.61 bits per heavy atom. The molecule has 1 fully saturated rings. The van der Waals surface area contributed by atoms with E-state index >= 15 is 0 Å². The maximum absolute atomic E-state index is 10.7. The van der Waals surface area contributed by atoms with Crippen LogP contribution in [0.15, 0.2) is 18.3 Å². The van der Waals surface area contributed by atoms with Crippen LogP contribution < -0.4 is 5.32 Å². The van der Waals surface area contributed by atoms with Crippen LogP contribution in [0.5, 0.6) is 0 Å². The van der Waals surface area contributed by atoms with Crippen molar-refractivity contribution in [2.45, 2.75) is 25.3 Å². The summed E-state index contributed by atoms with van der Waals surface area (Å²) in [6.45, 7) is 0. The van der Waals surface area contributed by atoms with Gasteiger partial charge in [0.25, 0.3) is 5.69 Å². The van der Waals surface area contributed by atoms with E-state index in [1.54, 1.807) is 0 Å². The molecule has 0 amide bonds. The van der Waals surface area contributed by atoms with Crippen LogP contribution in [0.2, 0.25) is 0 Å². The van der Waals surface area contributed by atoms with Crippen LogP contribution in [0.4, 0.5) is 11.5 Å². The van der Waals surface area contributed by atoms with Gasteiger partial charge in [-0.25, -0.2) is 4.98 Å². The molecule has 0 radical (unpaired) electrons. The zero-order valence-corrected chi connectivity index (χ0v) is 9.57. The molecule has 1 aromatic rings. The van der Waals surface area contributed by atoms with E-state index in [-0.39, 0.29) is 18.2 Å². The molecule has 1 aliphatic carbocycles. The van der Waals surface area contributed by atoms with Crippen molar-refractivity contribution in [3.05, 3.63) is 28.4 Å². The lowest BCUT2D eigenvalue weighted by Crippen LogP contribution is -2.25. The van der Waals surface area contributed by atoms with Crippen molar-refractivity contribution in [2.24, 2.45) is 5.92 Å². The van der Waals surface area contributed by atoms with Gasteiger partial charge in [0, 0.05) is 12.1 Å². The van der Waals surface area contributed by atoms with E-state index < -0.39 is 10.9 Å². The molecule has 18 heavy (non-hydrogen) atoms. The average molecular weight is 251 g/mol. The number of carbonyl (C=O) groups is 1. The lowest BCUT2D eigenvalue weighted by atomic mass is 10.1. The van der Waals surface area contributed by atoms with Crippen LogP contribution in [0.3, 0.4) is 0 Å². The Morgan fingerprint density at radius 2 is 2.33 bits per heavy atom. The number of aromatic nitrogens is 1.